The molecule has 0 fully saturated rings. The molecule has 1 aromatic carbocycles. The SMILES string of the molecule is CC(CCc1ccccc1)NCC(O)c1ccc(=N)n(O)c1.Cl.Cl. The maximum absolute atomic E-state index is 10.1. The van der Waals surface area contributed by atoms with E-state index in [2.05, 4.69) is 24.4 Å². The molecule has 5 nitrogen and oxygen atoms in total. The van der Waals surface area contributed by atoms with E-state index >= 15 is 0 Å². The summed E-state index contributed by atoms with van der Waals surface area (Å²) >= 11 is 0. The van der Waals surface area contributed by atoms with Gasteiger partial charge in [0.1, 0.15) is 0 Å². The summed E-state index contributed by atoms with van der Waals surface area (Å²) in [6, 6.07) is 13.7. The number of aliphatic hydroxyl groups excluding tert-OH is 1. The zero-order valence-electron chi connectivity index (χ0n) is 13.6. The third kappa shape index (κ3) is 6.93. The predicted molar refractivity (Wildman–Crippen MR) is 99.2 cm³/mol. The van der Waals surface area contributed by atoms with Gasteiger partial charge in [-0.15, -0.1) is 24.8 Å². The van der Waals surface area contributed by atoms with Crippen LogP contribution >= 0.6 is 24.8 Å². The first-order chi connectivity index (χ1) is 10.6. The van der Waals surface area contributed by atoms with Crippen molar-refractivity contribution in [2.75, 3.05) is 6.54 Å². The third-order valence-electron chi connectivity index (χ3n) is 3.71. The average Bonchev–Trinajstić information content (AvgIpc) is 2.54. The van der Waals surface area contributed by atoms with Crippen LogP contribution in [0.1, 0.15) is 30.6 Å². The summed E-state index contributed by atoms with van der Waals surface area (Å²) < 4.78 is 0.706. The van der Waals surface area contributed by atoms with Crippen molar-refractivity contribution in [3.63, 3.8) is 0 Å². The average molecular weight is 374 g/mol. The van der Waals surface area contributed by atoms with Crippen molar-refractivity contribution in [2.24, 2.45) is 0 Å². The van der Waals surface area contributed by atoms with Crippen LogP contribution in [-0.4, -0.2) is 27.6 Å². The highest BCUT2D eigenvalue weighted by Crippen LogP contribution is 2.10. The quantitative estimate of drug-likeness (QED) is 0.563. The molecule has 0 aliphatic carbocycles. The second kappa shape index (κ2) is 11.1. The van der Waals surface area contributed by atoms with Gasteiger partial charge in [0.25, 0.3) is 0 Å². The zero-order chi connectivity index (χ0) is 15.9. The number of nitrogens with zero attached hydrogens (tertiary/aromatic N) is 1. The number of benzene rings is 1. The monoisotopic (exact) mass is 373 g/mol. The Morgan fingerprint density at radius 1 is 1.12 bits per heavy atom. The standard InChI is InChI=1S/C17H23N3O2.2ClH/c1-13(7-8-14-5-3-2-4-6-14)19-11-16(21)15-9-10-17(18)20(22)12-15;;/h2-6,9-10,12-13,16,18-19,21-22H,7-8,11H2,1H3;2*1H. The van der Waals surface area contributed by atoms with Gasteiger partial charge in [-0.2, -0.15) is 4.73 Å². The normalized spacial score (nSPS) is 12.6. The molecule has 1 heterocycles. The van der Waals surface area contributed by atoms with Gasteiger partial charge in [-0.1, -0.05) is 36.4 Å². The highest BCUT2D eigenvalue weighted by molar-refractivity contribution is 5.85. The van der Waals surface area contributed by atoms with Crippen LogP contribution in [0.15, 0.2) is 48.7 Å². The molecule has 2 rings (SSSR count). The molecule has 2 atom stereocenters. The van der Waals surface area contributed by atoms with Crippen molar-refractivity contribution in [1.82, 2.24) is 10.0 Å². The van der Waals surface area contributed by atoms with Crippen molar-refractivity contribution in [3.05, 3.63) is 65.3 Å². The molecule has 0 aliphatic heterocycles. The van der Waals surface area contributed by atoms with E-state index < -0.39 is 6.10 Å². The predicted octanol–water partition coefficient (Wildman–Crippen LogP) is 2.69. The van der Waals surface area contributed by atoms with Gasteiger partial charge < -0.3 is 15.6 Å². The Kier molecular flexibility index (Phi) is 10.4. The van der Waals surface area contributed by atoms with Crippen molar-refractivity contribution in [1.29, 1.82) is 5.41 Å². The Labute approximate surface area is 154 Å². The first-order valence-corrected chi connectivity index (χ1v) is 7.48. The summed E-state index contributed by atoms with van der Waals surface area (Å²) in [5, 5.41) is 30.2. The lowest BCUT2D eigenvalue weighted by molar-refractivity contribution is 0.149. The van der Waals surface area contributed by atoms with Gasteiger partial charge in [-0.3, -0.25) is 5.41 Å². The van der Waals surface area contributed by atoms with Crippen molar-refractivity contribution in [3.8, 4) is 0 Å². The topological polar surface area (TPSA) is 81.3 Å². The molecule has 7 heteroatoms. The molecule has 134 valence electrons. The molecule has 0 saturated heterocycles. The van der Waals surface area contributed by atoms with E-state index in [4.69, 9.17) is 5.41 Å². The van der Waals surface area contributed by atoms with Gasteiger partial charge in [0.2, 0.25) is 0 Å². The highest BCUT2D eigenvalue weighted by Gasteiger charge is 2.10. The Bertz CT molecular complexity index is 650. The fraction of sp³-hybridized carbons (Fsp3) is 0.353. The molecular weight excluding hydrogens is 349 g/mol. The minimum atomic E-state index is -0.710. The van der Waals surface area contributed by atoms with E-state index in [1.54, 1.807) is 6.07 Å². The van der Waals surface area contributed by atoms with Crippen molar-refractivity contribution >= 4 is 24.8 Å². The largest absolute Gasteiger partial charge is 0.427 e. The van der Waals surface area contributed by atoms with Gasteiger partial charge in [0.15, 0.2) is 5.49 Å². The van der Waals surface area contributed by atoms with E-state index in [-0.39, 0.29) is 36.3 Å². The van der Waals surface area contributed by atoms with Crippen LogP contribution in [0.3, 0.4) is 0 Å². The molecule has 0 aliphatic rings. The van der Waals surface area contributed by atoms with Crippen LogP contribution < -0.4 is 10.8 Å². The highest BCUT2D eigenvalue weighted by atomic mass is 35.5. The second-order valence-electron chi connectivity index (χ2n) is 5.54. The van der Waals surface area contributed by atoms with E-state index in [1.807, 2.05) is 18.2 Å². The molecule has 0 bridgehead atoms. The molecule has 4 N–H and O–H groups in total. The molecule has 24 heavy (non-hydrogen) atoms. The van der Waals surface area contributed by atoms with Gasteiger partial charge in [-0.25, -0.2) is 0 Å². The molecule has 0 saturated carbocycles. The van der Waals surface area contributed by atoms with Gasteiger partial charge in [0, 0.05) is 18.2 Å². The molecule has 0 spiro atoms. The van der Waals surface area contributed by atoms with Gasteiger partial charge in [-0.05, 0) is 31.4 Å². The summed E-state index contributed by atoms with van der Waals surface area (Å²) in [5.41, 5.74) is 1.88. The second-order valence-corrected chi connectivity index (χ2v) is 5.54. The lowest BCUT2D eigenvalue weighted by Crippen LogP contribution is -2.31. The minimum absolute atomic E-state index is 0. The number of aromatic nitrogens is 1. The number of nitrogens with one attached hydrogen (secondary N) is 2. The van der Waals surface area contributed by atoms with Crippen LogP contribution in [0, 0.1) is 5.41 Å². The zero-order valence-corrected chi connectivity index (χ0v) is 15.2. The van der Waals surface area contributed by atoms with E-state index in [1.165, 1.54) is 17.8 Å². The van der Waals surface area contributed by atoms with Crippen LogP contribution in [0.5, 0.6) is 0 Å². The summed E-state index contributed by atoms with van der Waals surface area (Å²) in [5.74, 6) is 0. The van der Waals surface area contributed by atoms with E-state index in [0.29, 0.717) is 16.8 Å². The maximum atomic E-state index is 10.1. The van der Waals surface area contributed by atoms with E-state index in [9.17, 15) is 10.3 Å². The van der Waals surface area contributed by atoms with Crippen LogP contribution in [0.25, 0.3) is 0 Å². The van der Waals surface area contributed by atoms with Crippen LogP contribution in [-0.2, 0) is 6.42 Å². The molecule has 2 aromatic rings. The van der Waals surface area contributed by atoms with Gasteiger partial charge in [0.05, 0.1) is 12.3 Å². The molecule has 1 aromatic heterocycles. The number of hydrogen-bond acceptors (Lipinski definition) is 4. The summed E-state index contributed by atoms with van der Waals surface area (Å²) in [6.45, 7) is 2.50. The number of rotatable bonds is 7. The Morgan fingerprint density at radius 2 is 1.79 bits per heavy atom. The molecule has 0 radical (unpaired) electrons. The number of halogens is 2. The third-order valence-corrected chi connectivity index (χ3v) is 3.71. The molecule has 0 amide bonds. The number of aliphatic hydroxyl groups is 1. The first-order valence-electron chi connectivity index (χ1n) is 7.48. The molecular formula is C17H25Cl2N3O2. The van der Waals surface area contributed by atoms with Crippen LogP contribution in [0.4, 0.5) is 0 Å². The van der Waals surface area contributed by atoms with Crippen LogP contribution in [0.2, 0.25) is 0 Å². The number of hydrogen-bond donors (Lipinski definition) is 4. The summed E-state index contributed by atoms with van der Waals surface area (Å²) in [4.78, 5) is 0. The molecule has 2 unspecified atom stereocenters. The van der Waals surface area contributed by atoms with E-state index in [0.717, 1.165) is 12.8 Å². The fourth-order valence-corrected chi connectivity index (χ4v) is 2.26. The maximum Gasteiger partial charge on any atom is 0.160 e. The first kappa shape index (κ1) is 22.5. The fourth-order valence-electron chi connectivity index (χ4n) is 2.26. The smallest absolute Gasteiger partial charge is 0.160 e. The lowest BCUT2D eigenvalue weighted by atomic mass is 10.1. The lowest BCUT2D eigenvalue weighted by Gasteiger charge is -2.17. The van der Waals surface area contributed by atoms with Crippen molar-refractivity contribution < 1.29 is 10.3 Å². The van der Waals surface area contributed by atoms with Gasteiger partial charge >= 0.3 is 0 Å². The number of aryl methyl sites for hydroxylation is 1. The summed E-state index contributed by atoms with van der Waals surface area (Å²) in [7, 11) is 0. The Hall–Kier alpha value is -1.53. The Balaban J connectivity index is 0.00000264. The minimum Gasteiger partial charge on any atom is -0.427 e. The Morgan fingerprint density at radius 3 is 2.42 bits per heavy atom. The number of pyridine rings is 1. The van der Waals surface area contributed by atoms with Crippen molar-refractivity contribution in [2.45, 2.75) is 31.9 Å². The summed E-state index contributed by atoms with van der Waals surface area (Å²) in [6.07, 6.45) is 2.64.